The molecule has 0 nitrogen and oxygen atoms in total. The molecule has 1 unspecified atom stereocenters. The van der Waals surface area contributed by atoms with Gasteiger partial charge < -0.3 is 0 Å². The third-order valence-electron chi connectivity index (χ3n) is 1.89. The molecule has 0 saturated heterocycles. The Balaban J connectivity index is 4.34. The summed E-state index contributed by atoms with van der Waals surface area (Å²) in [5.74, 6) is 1.20. The Labute approximate surface area is 83.0 Å². The first-order chi connectivity index (χ1) is 6.10. The van der Waals surface area contributed by atoms with E-state index in [0.717, 1.165) is 6.42 Å². The van der Waals surface area contributed by atoms with E-state index in [9.17, 15) is 0 Å². The zero-order valence-electron chi connectivity index (χ0n) is 9.38. The van der Waals surface area contributed by atoms with Gasteiger partial charge in [-0.05, 0) is 25.2 Å². The second kappa shape index (κ2) is 6.71. The summed E-state index contributed by atoms with van der Waals surface area (Å²) >= 11 is 0. The molecular formula is C13H22. The number of allylic oxidation sites excluding steroid dienone is 5. The first-order valence-corrected chi connectivity index (χ1v) is 5.06. The van der Waals surface area contributed by atoms with Crippen LogP contribution >= 0.6 is 0 Å². The molecule has 0 amide bonds. The lowest BCUT2D eigenvalue weighted by molar-refractivity contribution is 0.714. The molecule has 0 aromatic rings. The summed E-state index contributed by atoms with van der Waals surface area (Å²) in [7, 11) is 0. The van der Waals surface area contributed by atoms with Gasteiger partial charge in [0.15, 0.2) is 0 Å². The highest BCUT2D eigenvalue weighted by atomic mass is 14.1. The fraction of sp³-hybridized carbons (Fsp3) is 0.538. The highest BCUT2D eigenvalue weighted by Crippen LogP contribution is 2.15. The summed E-state index contributed by atoms with van der Waals surface area (Å²) in [4.78, 5) is 0. The quantitative estimate of drug-likeness (QED) is 0.433. The van der Waals surface area contributed by atoms with E-state index in [2.05, 4.69) is 52.5 Å². The van der Waals surface area contributed by atoms with E-state index in [-0.39, 0.29) is 0 Å². The Morgan fingerprint density at radius 1 is 1.31 bits per heavy atom. The molecule has 0 N–H and O–H groups in total. The minimum absolute atomic E-state index is 0.571. The van der Waals surface area contributed by atoms with Crippen LogP contribution in [0.4, 0.5) is 0 Å². The maximum absolute atomic E-state index is 3.80. The zero-order valence-corrected chi connectivity index (χ0v) is 9.38. The topological polar surface area (TPSA) is 0 Å². The molecule has 0 saturated carbocycles. The van der Waals surface area contributed by atoms with Gasteiger partial charge in [0.25, 0.3) is 0 Å². The van der Waals surface area contributed by atoms with Gasteiger partial charge in [0.1, 0.15) is 0 Å². The molecule has 0 aliphatic rings. The Morgan fingerprint density at radius 2 is 1.92 bits per heavy atom. The van der Waals surface area contributed by atoms with E-state index in [0.29, 0.717) is 11.8 Å². The molecule has 0 aromatic carbocycles. The third-order valence-corrected chi connectivity index (χ3v) is 1.89. The largest absolute Gasteiger partial charge is 0.103 e. The molecule has 0 heteroatoms. The lowest BCUT2D eigenvalue weighted by Crippen LogP contribution is -1.93. The maximum atomic E-state index is 3.80. The van der Waals surface area contributed by atoms with E-state index in [1.54, 1.807) is 0 Å². The Morgan fingerprint density at radius 3 is 2.31 bits per heavy atom. The molecule has 0 aromatic heterocycles. The molecule has 74 valence electrons. The first-order valence-electron chi connectivity index (χ1n) is 5.06. The molecule has 0 bridgehead atoms. The zero-order chi connectivity index (χ0) is 10.3. The van der Waals surface area contributed by atoms with Gasteiger partial charge in [-0.15, -0.1) is 6.58 Å². The SMILES string of the molecule is C=CC(C)CC(/C=C/C)=C\C(C)C. The van der Waals surface area contributed by atoms with Gasteiger partial charge in [-0.3, -0.25) is 0 Å². The molecule has 0 heterocycles. The van der Waals surface area contributed by atoms with E-state index in [1.165, 1.54) is 5.57 Å². The van der Waals surface area contributed by atoms with Crippen LogP contribution in [0, 0.1) is 11.8 Å². The lowest BCUT2D eigenvalue weighted by Gasteiger charge is -2.08. The van der Waals surface area contributed by atoms with Gasteiger partial charge in [-0.1, -0.05) is 50.6 Å². The van der Waals surface area contributed by atoms with Crippen molar-refractivity contribution in [3.8, 4) is 0 Å². The second-order valence-corrected chi connectivity index (χ2v) is 3.90. The second-order valence-electron chi connectivity index (χ2n) is 3.90. The van der Waals surface area contributed by atoms with Crippen LogP contribution in [-0.4, -0.2) is 0 Å². The van der Waals surface area contributed by atoms with Crippen molar-refractivity contribution >= 4 is 0 Å². The predicted octanol–water partition coefficient (Wildman–Crippen LogP) is 4.36. The van der Waals surface area contributed by atoms with E-state index in [1.807, 2.05) is 6.08 Å². The molecule has 0 spiro atoms. The molecule has 0 aliphatic carbocycles. The normalized spacial score (nSPS) is 15.3. The van der Waals surface area contributed by atoms with Gasteiger partial charge in [0.05, 0.1) is 0 Å². The van der Waals surface area contributed by atoms with Crippen molar-refractivity contribution in [2.24, 2.45) is 11.8 Å². The Bertz CT molecular complexity index is 194. The average Bonchev–Trinajstić information content (AvgIpc) is 2.03. The van der Waals surface area contributed by atoms with Gasteiger partial charge in [0, 0.05) is 0 Å². The monoisotopic (exact) mass is 178 g/mol. The highest BCUT2D eigenvalue weighted by molar-refractivity contribution is 5.19. The van der Waals surface area contributed by atoms with Crippen LogP contribution in [0.25, 0.3) is 0 Å². The van der Waals surface area contributed by atoms with E-state index < -0.39 is 0 Å². The molecule has 13 heavy (non-hydrogen) atoms. The maximum Gasteiger partial charge on any atom is -0.0222 e. The van der Waals surface area contributed by atoms with Gasteiger partial charge in [0.2, 0.25) is 0 Å². The van der Waals surface area contributed by atoms with Gasteiger partial charge >= 0.3 is 0 Å². The van der Waals surface area contributed by atoms with Crippen molar-refractivity contribution in [3.63, 3.8) is 0 Å². The number of rotatable bonds is 5. The molecule has 0 radical (unpaired) electrons. The highest BCUT2D eigenvalue weighted by Gasteiger charge is 2.00. The van der Waals surface area contributed by atoms with Crippen molar-refractivity contribution in [1.29, 1.82) is 0 Å². The summed E-state index contributed by atoms with van der Waals surface area (Å²) < 4.78 is 0. The first kappa shape index (κ1) is 12.2. The van der Waals surface area contributed by atoms with Crippen molar-refractivity contribution in [2.45, 2.75) is 34.1 Å². The third kappa shape index (κ3) is 6.39. The van der Waals surface area contributed by atoms with Crippen LogP contribution in [0.3, 0.4) is 0 Å². The lowest BCUT2D eigenvalue weighted by atomic mass is 9.98. The molecule has 0 aliphatic heterocycles. The van der Waals surface area contributed by atoms with Gasteiger partial charge in [-0.2, -0.15) is 0 Å². The predicted molar refractivity (Wildman–Crippen MR) is 61.7 cm³/mol. The fourth-order valence-electron chi connectivity index (χ4n) is 1.29. The molecular weight excluding hydrogens is 156 g/mol. The number of hydrogen-bond acceptors (Lipinski definition) is 0. The Hall–Kier alpha value is -0.780. The van der Waals surface area contributed by atoms with Gasteiger partial charge in [-0.25, -0.2) is 0 Å². The Kier molecular flexibility index (Phi) is 6.30. The van der Waals surface area contributed by atoms with Crippen LogP contribution in [0.15, 0.2) is 36.5 Å². The summed E-state index contributed by atoms with van der Waals surface area (Å²) in [6.07, 6.45) is 9.73. The number of hydrogen-bond donors (Lipinski definition) is 0. The van der Waals surface area contributed by atoms with Crippen LogP contribution in [0.2, 0.25) is 0 Å². The minimum atomic E-state index is 0.571. The molecule has 0 fully saturated rings. The van der Waals surface area contributed by atoms with E-state index in [4.69, 9.17) is 0 Å². The summed E-state index contributed by atoms with van der Waals surface area (Å²) in [6, 6.07) is 0. The summed E-state index contributed by atoms with van der Waals surface area (Å²) in [6.45, 7) is 12.5. The van der Waals surface area contributed by atoms with Crippen molar-refractivity contribution < 1.29 is 0 Å². The van der Waals surface area contributed by atoms with Crippen molar-refractivity contribution in [3.05, 3.63) is 36.5 Å². The fourth-order valence-corrected chi connectivity index (χ4v) is 1.29. The minimum Gasteiger partial charge on any atom is -0.103 e. The molecule has 0 rings (SSSR count). The standard InChI is InChI=1S/C13H22/c1-6-8-13(9-11(3)4)10-12(5)7-2/h6-9,11-12H,2,10H2,1,3-5H3/b8-6+,13-9-. The van der Waals surface area contributed by atoms with Crippen LogP contribution < -0.4 is 0 Å². The van der Waals surface area contributed by atoms with Crippen molar-refractivity contribution in [2.75, 3.05) is 0 Å². The summed E-state index contributed by atoms with van der Waals surface area (Å²) in [5.41, 5.74) is 1.42. The molecule has 1 atom stereocenters. The van der Waals surface area contributed by atoms with E-state index >= 15 is 0 Å². The van der Waals surface area contributed by atoms with Crippen LogP contribution in [0.5, 0.6) is 0 Å². The smallest absolute Gasteiger partial charge is 0.0222 e. The van der Waals surface area contributed by atoms with Crippen LogP contribution in [-0.2, 0) is 0 Å². The van der Waals surface area contributed by atoms with Crippen LogP contribution in [0.1, 0.15) is 34.1 Å². The van der Waals surface area contributed by atoms with Crippen molar-refractivity contribution in [1.82, 2.24) is 0 Å². The average molecular weight is 178 g/mol. The summed E-state index contributed by atoms with van der Waals surface area (Å²) in [5, 5.41) is 0.